The number of guanidine groups is 1. The number of hydrogen-bond acceptors (Lipinski definition) is 4. The lowest BCUT2D eigenvalue weighted by Crippen LogP contribution is -2.30. The molecule has 0 aliphatic rings. The van der Waals surface area contributed by atoms with E-state index in [1.165, 1.54) is 0 Å². The number of aliphatic imine (C=N–C) groups is 1. The van der Waals surface area contributed by atoms with Crippen LogP contribution in [0.4, 0.5) is 5.69 Å². The highest BCUT2D eigenvalue weighted by atomic mass is 16.5. The number of hydrogen-bond donors (Lipinski definition) is 3. The molecular formula is C21H28N4O3. The van der Waals surface area contributed by atoms with Crippen LogP contribution in [0.25, 0.3) is 0 Å². The number of anilines is 1. The molecule has 0 aromatic heterocycles. The Kier molecular flexibility index (Phi) is 8.14. The molecule has 0 saturated carbocycles. The minimum absolute atomic E-state index is 0.0891. The van der Waals surface area contributed by atoms with Crippen LogP contribution in [-0.4, -0.2) is 46.2 Å². The Morgan fingerprint density at radius 1 is 1.07 bits per heavy atom. The quantitative estimate of drug-likeness (QED) is 0.481. The molecule has 7 nitrogen and oxygen atoms in total. The van der Waals surface area contributed by atoms with Gasteiger partial charge in [-0.25, -0.2) is 0 Å². The largest absolute Gasteiger partial charge is 0.493 e. The van der Waals surface area contributed by atoms with Crippen molar-refractivity contribution >= 4 is 17.6 Å². The summed E-state index contributed by atoms with van der Waals surface area (Å²) in [5.41, 5.74) is 2.56. The smallest absolute Gasteiger partial charge is 0.251 e. The van der Waals surface area contributed by atoms with Crippen molar-refractivity contribution in [2.24, 2.45) is 4.99 Å². The molecule has 0 radical (unpaired) electrons. The summed E-state index contributed by atoms with van der Waals surface area (Å²) in [5.74, 6) is 1.91. The Hall–Kier alpha value is -3.22. The fraction of sp³-hybridized carbons (Fsp3) is 0.333. The molecule has 0 heterocycles. The predicted octanol–water partition coefficient (Wildman–Crippen LogP) is 2.68. The number of ether oxygens (including phenoxy) is 2. The first-order chi connectivity index (χ1) is 13.6. The van der Waals surface area contributed by atoms with Crippen LogP contribution in [0.15, 0.2) is 47.5 Å². The van der Waals surface area contributed by atoms with E-state index in [0.29, 0.717) is 29.6 Å². The number of carbonyl (C=O) groups is 1. The molecule has 0 aliphatic carbocycles. The van der Waals surface area contributed by atoms with Crippen LogP contribution in [-0.2, 0) is 6.42 Å². The SMILES string of the molecule is CCNC(=NCCc1cccc(C(=O)NC)c1)Nc1ccc(OC)c(OC)c1. The summed E-state index contributed by atoms with van der Waals surface area (Å²) < 4.78 is 10.6. The van der Waals surface area contributed by atoms with Gasteiger partial charge in [-0.2, -0.15) is 0 Å². The van der Waals surface area contributed by atoms with Crippen LogP contribution in [0.3, 0.4) is 0 Å². The van der Waals surface area contributed by atoms with Crippen LogP contribution in [0, 0.1) is 0 Å². The third-order valence-electron chi connectivity index (χ3n) is 4.08. The summed E-state index contributed by atoms with van der Waals surface area (Å²) in [4.78, 5) is 16.4. The van der Waals surface area contributed by atoms with Gasteiger partial charge >= 0.3 is 0 Å². The van der Waals surface area contributed by atoms with Crippen LogP contribution < -0.4 is 25.4 Å². The first kappa shape index (κ1) is 21.1. The van der Waals surface area contributed by atoms with Crippen LogP contribution >= 0.6 is 0 Å². The number of methoxy groups -OCH3 is 2. The van der Waals surface area contributed by atoms with Gasteiger partial charge in [-0.1, -0.05) is 12.1 Å². The highest BCUT2D eigenvalue weighted by Crippen LogP contribution is 2.29. The van der Waals surface area contributed by atoms with Crippen molar-refractivity contribution in [1.29, 1.82) is 0 Å². The number of nitrogens with zero attached hydrogens (tertiary/aromatic N) is 1. The highest BCUT2D eigenvalue weighted by Gasteiger charge is 2.07. The molecule has 0 atom stereocenters. The van der Waals surface area contributed by atoms with E-state index in [2.05, 4.69) is 20.9 Å². The minimum Gasteiger partial charge on any atom is -0.493 e. The lowest BCUT2D eigenvalue weighted by molar-refractivity contribution is 0.0963. The van der Waals surface area contributed by atoms with Gasteiger partial charge in [0.25, 0.3) is 5.91 Å². The minimum atomic E-state index is -0.0891. The summed E-state index contributed by atoms with van der Waals surface area (Å²) in [7, 11) is 4.84. The highest BCUT2D eigenvalue weighted by molar-refractivity contribution is 5.94. The second-order valence-electron chi connectivity index (χ2n) is 5.98. The molecule has 3 N–H and O–H groups in total. The number of nitrogens with one attached hydrogen (secondary N) is 3. The molecule has 0 unspecified atom stereocenters. The van der Waals surface area contributed by atoms with Crippen molar-refractivity contribution in [3.8, 4) is 11.5 Å². The molecule has 28 heavy (non-hydrogen) atoms. The Morgan fingerprint density at radius 2 is 1.86 bits per heavy atom. The first-order valence-electron chi connectivity index (χ1n) is 9.19. The summed E-state index contributed by atoms with van der Waals surface area (Å²) in [6, 6.07) is 13.2. The lowest BCUT2D eigenvalue weighted by atomic mass is 10.1. The molecule has 0 aliphatic heterocycles. The molecule has 7 heteroatoms. The van der Waals surface area contributed by atoms with Crippen molar-refractivity contribution in [2.75, 3.05) is 39.7 Å². The maximum absolute atomic E-state index is 11.8. The zero-order valence-corrected chi connectivity index (χ0v) is 16.8. The van der Waals surface area contributed by atoms with Crippen molar-refractivity contribution in [3.63, 3.8) is 0 Å². The Labute approximate surface area is 166 Å². The lowest BCUT2D eigenvalue weighted by Gasteiger charge is -2.14. The second-order valence-corrected chi connectivity index (χ2v) is 5.98. The van der Waals surface area contributed by atoms with E-state index in [-0.39, 0.29) is 5.91 Å². The van der Waals surface area contributed by atoms with E-state index in [9.17, 15) is 4.79 Å². The van der Waals surface area contributed by atoms with Crippen LogP contribution in [0.5, 0.6) is 11.5 Å². The summed E-state index contributed by atoms with van der Waals surface area (Å²) in [5, 5.41) is 9.13. The summed E-state index contributed by atoms with van der Waals surface area (Å²) in [6.45, 7) is 3.34. The summed E-state index contributed by atoms with van der Waals surface area (Å²) in [6.07, 6.45) is 0.730. The normalized spacial score (nSPS) is 10.9. The fourth-order valence-corrected chi connectivity index (χ4v) is 2.67. The van der Waals surface area contributed by atoms with Gasteiger partial charge in [0, 0.05) is 37.5 Å². The first-order valence-corrected chi connectivity index (χ1v) is 9.19. The molecule has 0 fully saturated rings. The zero-order valence-electron chi connectivity index (χ0n) is 16.8. The van der Waals surface area contributed by atoms with Gasteiger partial charge in [0.2, 0.25) is 0 Å². The van der Waals surface area contributed by atoms with Gasteiger partial charge < -0.3 is 25.4 Å². The molecule has 2 rings (SSSR count). The molecule has 1 amide bonds. The number of carbonyl (C=O) groups excluding carboxylic acids is 1. The predicted molar refractivity (Wildman–Crippen MR) is 113 cm³/mol. The Morgan fingerprint density at radius 3 is 2.54 bits per heavy atom. The second kappa shape index (κ2) is 10.8. The topological polar surface area (TPSA) is 84.0 Å². The van der Waals surface area contributed by atoms with Crippen molar-refractivity contribution in [1.82, 2.24) is 10.6 Å². The molecule has 2 aromatic rings. The van der Waals surface area contributed by atoms with E-state index in [0.717, 1.165) is 24.2 Å². The van der Waals surface area contributed by atoms with Gasteiger partial charge in [0.15, 0.2) is 17.5 Å². The maximum Gasteiger partial charge on any atom is 0.251 e. The monoisotopic (exact) mass is 384 g/mol. The van der Waals surface area contributed by atoms with Crippen LogP contribution in [0.2, 0.25) is 0 Å². The molecule has 0 bridgehead atoms. The Balaban J connectivity index is 2.05. The number of rotatable bonds is 8. The number of benzene rings is 2. The average molecular weight is 384 g/mol. The molecule has 150 valence electrons. The molecule has 0 spiro atoms. The van der Waals surface area contributed by atoms with E-state index in [1.54, 1.807) is 27.3 Å². The van der Waals surface area contributed by atoms with E-state index in [4.69, 9.17) is 9.47 Å². The summed E-state index contributed by atoms with van der Waals surface area (Å²) >= 11 is 0. The number of amides is 1. The van der Waals surface area contributed by atoms with Gasteiger partial charge in [0.05, 0.1) is 14.2 Å². The van der Waals surface area contributed by atoms with Crippen LogP contribution in [0.1, 0.15) is 22.8 Å². The fourth-order valence-electron chi connectivity index (χ4n) is 2.67. The van der Waals surface area contributed by atoms with Gasteiger partial charge in [-0.15, -0.1) is 0 Å². The third kappa shape index (κ3) is 5.90. The standard InChI is InChI=1S/C21H28N4O3/c1-5-23-21(25-17-9-10-18(27-3)19(14-17)28-4)24-12-11-15-7-6-8-16(13-15)20(26)22-2/h6-10,13-14H,5,11-12H2,1-4H3,(H,22,26)(H2,23,24,25). The van der Waals surface area contributed by atoms with E-state index >= 15 is 0 Å². The van der Waals surface area contributed by atoms with Gasteiger partial charge in [-0.05, 0) is 43.2 Å². The van der Waals surface area contributed by atoms with Crippen molar-refractivity contribution < 1.29 is 14.3 Å². The van der Waals surface area contributed by atoms with E-state index < -0.39 is 0 Å². The third-order valence-corrected chi connectivity index (χ3v) is 4.08. The van der Waals surface area contributed by atoms with Gasteiger partial charge in [-0.3, -0.25) is 9.79 Å². The Bertz CT molecular complexity index is 821. The zero-order chi connectivity index (χ0) is 20.4. The average Bonchev–Trinajstić information content (AvgIpc) is 2.73. The van der Waals surface area contributed by atoms with Gasteiger partial charge in [0.1, 0.15) is 0 Å². The molecular weight excluding hydrogens is 356 g/mol. The maximum atomic E-state index is 11.8. The van der Waals surface area contributed by atoms with Crippen molar-refractivity contribution in [2.45, 2.75) is 13.3 Å². The van der Waals surface area contributed by atoms with E-state index in [1.807, 2.05) is 43.3 Å². The van der Waals surface area contributed by atoms with Crippen molar-refractivity contribution in [3.05, 3.63) is 53.6 Å². The molecule has 0 saturated heterocycles. The molecule has 2 aromatic carbocycles.